The molecule has 1 amide bonds. The maximum Gasteiger partial charge on any atom is 0.258 e. The molecule has 3 rings (SSSR count). The van der Waals surface area contributed by atoms with Gasteiger partial charge in [0.2, 0.25) is 5.91 Å². The van der Waals surface area contributed by atoms with Crippen molar-refractivity contribution >= 4 is 22.5 Å². The Morgan fingerprint density at radius 1 is 1.26 bits per heavy atom. The van der Waals surface area contributed by atoms with Gasteiger partial charge in [-0.15, -0.1) is 6.58 Å². The van der Waals surface area contributed by atoms with Gasteiger partial charge < -0.3 is 19.7 Å². The number of nitrogens with one attached hydrogen (secondary N) is 1. The summed E-state index contributed by atoms with van der Waals surface area (Å²) in [4.78, 5) is 25.3. The number of benzene rings is 2. The van der Waals surface area contributed by atoms with E-state index in [4.69, 9.17) is 4.74 Å². The van der Waals surface area contributed by atoms with Crippen molar-refractivity contribution in [1.82, 2.24) is 4.57 Å². The minimum absolute atomic E-state index is 0.0518. The molecule has 0 saturated heterocycles. The normalized spacial score (nSPS) is 10.6. The van der Waals surface area contributed by atoms with Crippen LogP contribution in [0.4, 0.5) is 5.69 Å². The first-order valence-electron chi connectivity index (χ1n) is 8.43. The third-order valence-corrected chi connectivity index (χ3v) is 4.24. The number of methoxy groups -OCH3 is 1. The Morgan fingerprint density at radius 3 is 2.78 bits per heavy atom. The van der Waals surface area contributed by atoms with Crippen LogP contribution in [-0.2, 0) is 17.8 Å². The van der Waals surface area contributed by atoms with Crippen LogP contribution in [0.2, 0.25) is 0 Å². The largest absolute Gasteiger partial charge is 0.507 e. The number of pyridine rings is 1. The lowest BCUT2D eigenvalue weighted by Gasteiger charge is -2.14. The van der Waals surface area contributed by atoms with Crippen LogP contribution in [0.1, 0.15) is 5.56 Å². The Balaban J connectivity index is 1.97. The first kappa shape index (κ1) is 18.3. The average molecular weight is 364 g/mol. The summed E-state index contributed by atoms with van der Waals surface area (Å²) in [5.74, 6) is 0.0301. The monoisotopic (exact) mass is 364 g/mol. The molecule has 0 radical (unpaired) electrons. The van der Waals surface area contributed by atoms with Crippen molar-refractivity contribution in [3.05, 3.63) is 77.1 Å². The third-order valence-electron chi connectivity index (χ3n) is 4.24. The highest BCUT2D eigenvalue weighted by Crippen LogP contribution is 2.27. The van der Waals surface area contributed by atoms with Crippen molar-refractivity contribution in [2.45, 2.75) is 13.0 Å². The van der Waals surface area contributed by atoms with E-state index < -0.39 is 11.5 Å². The van der Waals surface area contributed by atoms with E-state index in [1.807, 2.05) is 0 Å². The molecule has 6 nitrogen and oxygen atoms in total. The summed E-state index contributed by atoms with van der Waals surface area (Å²) in [5, 5.41) is 13.8. The number of amides is 1. The molecule has 1 aromatic heterocycles. The molecule has 0 aliphatic heterocycles. The number of anilines is 1. The average Bonchev–Trinajstić information content (AvgIpc) is 2.68. The van der Waals surface area contributed by atoms with E-state index in [1.54, 1.807) is 54.6 Å². The van der Waals surface area contributed by atoms with Gasteiger partial charge in [0.25, 0.3) is 5.56 Å². The molecule has 0 aliphatic rings. The zero-order chi connectivity index (χ0) is 19.4. The van der Waals surface area contributed by atoms with Gasteiger partial charge in [-0.2, -0.15) is 0 Å². The highest BCUT2D eigenvalue weighted by Gasteiger charge is 2.18. The van der Waals surface area contributed by atoms with Crippen LogP contribution in [0.25, 0.3) is 10.9 Å². The van der Waals surface area contributed by atoms with E-state index >= 15 is 0 Å². The highest BCUT2D eigenvalue weighted by atomic mass is 16.5. The molecule has 0 spiro atoms. The lowest BCUT2D eigenvalue weighted by atomic mass is 10.1. The number of ether oxygens (including phenoxy) is 1. The van der Waals surface area contributed by atoms with Crippen LogP contribution in [0.5, 0.6) is 11.5 Å². The number of carbonyl (C=O) groups is 1. The molecule has 0 bridgehead atoms. The van der Waals surface area contributed by atoms with Gasteiger partial charge in [-0.05, 0) is 24.3 Å². The van der Waals surface area contributed by atoms with Gasteiger partial charge in [0.15, 0.2) is 0 Å². The Morgan fingerprint density at radius 2 is 2.04 bits per heavy atom. The summed E-state index contributed by atoms with van der Waals surface area (Å²) in [6, 6.07) is 13.9. The van der Waals surface area contributed by atoms with Crippen molar-refractivity contribution in [2.24, 2.45) is 0 Å². The van der Waals surface area contributed by atoms with Crippen molar-refractivity contribution in [3.63, 3.8) is 0 Å². The van der Waals surface area contributed by atoms with Gasteiger partial charge in [0.05, 0.1) is 24.6 Å². The summed E-state index contributed by atoms with van der Waals surface area (Å²) in [6.45, 7) is 3.96. The quantitative estimate of drug-likeness (QED) is 0.659. The highest BCUT2D eigenvalue weighted by molar-refractivity contribution is 5.94. The molecule has 27 heavy (non-hydrogen) atoms. The van der Waals surface area contributed by atoms with Gasteiger partial charge in [-0.3, -0.25) is 9.59 Å². The standard InChI is InChI=1S/C21H20N2O4/c1-3-11-23-18-10-5-4-9-16(18)20(25)17(21(23)26)13-19(24)22-14-7-6-8-15(12-14)27-2/h3-10,12,25H,1,11,13H2,2H3,(H,22,24). The SMILES string of the molecule is C=CCn1c(=O)c(CC(=O)Nc2cccc(OC)c2)c(O)c2ccccc21. The van der Waals surface area contributed by atoms with E-state index in [1.165, 1.54) is 11.7 Å². The Bertz CT molecular complexity index is 1070. The lowest BCUT2D eigenvalue weighted by molar-refractivity contribution is -0.115. The number of nitrogens with zero attached hydrogens (tertiary/aromatic N) is 1. The number of carbonyl (C=O) groups excluding carboxylic acids is 1. The first-order chi connectivity index (χ1) is 13.0. The molecule has 2 aromatic carbocycles. The second-order valence-corrected chi connectivity index (χ2v) is 6.01. The number of hydrogen-bond donors (Lipinski definition) is 2. The minimum atomic E-state index is -0.410. The van der Waals surface area contributed by atoms with Crippen molar-refractivity contribution < 1.29 is 14.6 Å². The molecule has 0 saturated carbocycles. The number of para-hydroxylation sites is 1. The Hall–Kier alpha value is -3.54. The van der Waals surface area contributed by atoms with Gasteiger partial charge in [-0.25, -0.2) is 0 Å². The number of rotatable bonds is 6. The maximum atomic E-state index is 12.8. The molecular formula is C21H20N2O4. The van der Waals surface area contributed by atoms with Gasteiger partial charge >= 0.3 is 0 Å². The number of aromatic hydroxyl groups is 1. The van der Waals surface area contributed by atoms with Gasteiger partial charge in [0.1, 0.15) is 11.5 Å². The fraction of sp³-hybridized carbons (Fsp3) is 0.143. The van der Waals surface area contributed by atoms with E-state index in [-0.39, 0.29) is 24.3 Å². The lowest BCUT2D eigenvalue weighted by Crippen LogP contribution is -2.27. The maximum absolute atomic E-state index is 12.8. The predicted octanol–water partition coefficient (Wildman–Crippen LogP) is 3.08. The molecule has 0 fully saturated rings. The number of hydrogen-bond acceptors (Lipinski definition) is 4. The second kappa shape index (κ2) is 7.78. The van der Waals surface area contributed by atoms with Crippen molar-refractivity contribution in [2.75, 3.05) is 12.4 Å². The van der Waals surface area contributed by atoms with Gasteiger partial charge in [-0.1, -0.05) is 24.3 Å². The van der Waals surface area contributed by atoms with Crippen LogP contribution < -0.4 is 15.6 Å². The number of aromatic nitrogens is 1. The second-order valence-electron chi connectivity index (χ2n) is 6.01. The summed E-state index contributed by atoms with van der Waals surface area (Å²) in [7, 11) is 1.54. The van der Waals surface area contributed by atoms with Gasteiger partial charge in [0, 0.05) is 23.7 Å². The summed E-state index contributed by atoms with van der Waals surface area (Å²) in [5.41, 5.74) is 0.783. The van der Waals surface area contributed by atoms with E-state index in [0.29, 0.717) is 22.3 Å². The van der Waals surface area contributed by atoms with Crippen LogP contribution in [0.3, 0.4) is 0 Å². The van der Waals surface area contributed by atoms with E-state index in [9.17, 15) is 14.7 Å². The minimum Gasteiger partial charge on any atom is -0.507 e. The van der Waals surface area contributed by atoms with Crippen LogP contribution in [-0.4, -0.2) is 22.7 Å². The first-order valence-corrected chi connectivity index (χ1v) is 8.43. The van der Waals surface area contributed by atoms with Crippen LogP contribution >= 0.6 is 0 Å². The molecule has 0 unspecified atom stereocenters. The van der Waals surface area contributed by atoms with E-state index in [2.05, 4.69) is 11.9 Å². The molecule has 138 valence electrons. The van der Waals surface area contributed by atoms with Crippen molar-refractivity contribution in [1.29, 1.82) is 0 Å². The Labute approximate surface area is 156 Å². The van der Waals surface area contributed by atoms with Crippen LogP contribution in [0.15, 0.2) is 66.0 Å². The summed E-state index contributed by atoms with van der Waals surface area (Å²) in [6.07, 6.45) is 1.36. The number of fused-ring (bicyclic) bond motifs is 1. The summed E-state index contributed by atoms with van der Waals surface area (Å²) < 4.78 is 6.63. The fourth-order valence-electron chi connectivity index (χ4n) is 2.98. The molecule has 3 aromatic rings. The Kier molecular flexibility index (Phi) is 5.26. The third kappa shape index (κ3) is 3.69. The predicted molar refractivity (Wildman–Crippen MR) is 105 cm³/mol. The molecule has 0 aliphatic carbocycles. The fourth-order valence-corrected chi connectivity index (χ4v) is 2.98. The molecule has 6 heteroatoms. The molecule has 0 atom stereocenters. The zero-order valence-electron chi connectivity index (χ0n) is 14.9. The van der Waals surface area contributed by atoms with E-state index in [0.717, 1.165) is 0 Å². The zero-order valence-corrected chi connectivity index (χ0v) is 14.9. The smallest absolute Gasteiger partial charge is 0.258 e. The molecule has 2 N–H and O–H groups in total. The molecular weight excluding hydrogens is 344 g/mol. The topological polar surface area (TPSA) is 80.6 Å². The molecule has 1 heterocycles. The van der Waals surface area contributed by atoms with Crippen molar-refractivity contribution in [3.8, 4) is 11.5 Å². The number of allylic oxidation sites excluding steroid dienone is 1. The van der Waals surface area contributed by atoms with Crippen LogP contribution in [0, 0.1) is 0 Å². The summed E-state index contributed by atoms with van der Waals surface area (Å²) >= 11 is 0.